The number of halogens is 1. The van der Waals surface area contributed by atoms with E-state index in [0.29, 0.717) is 23.5 Å². The normalized spacial score (nSPS) is 10.4. The molecule has 0 heterocycles. The highest BCUT2D eigenvalue weighted by Gasteiger charge is 2.18. The lowest BCUT2D eigenvalue weighted by Gasteiger charge is -2.24. The number of carboxylic acid groups (broad SMARTS) is 1. The highest BCUT2D eigenvalue weighted by atomic mass is 79.9. The Morgan fingerprint density at radius 2 is 2.05 bits per heavy atom. The number of anilines is 1. The number of hydrogen-bond donors (Lipinski definition) is 2. The molecule has 0 fully saturated rings. The van der Waals surface area contributed by atoms with Crippen molar-refractivity contribution >= 4 is 33.6 Å². The zero-order valence-corrected chi connectivity index (χ0v) is 13.4. The Labute approximate surface area is 127 Å². The van der Waals surface area contributed by atoms with Crippen LogP contribution in [0.3, 0.4) is 0 Å². The molecule has 5 nitrogen and oxygen atoms in total. The van der Waals surface area contributed by atoms with Gasteiger partial charge in [0.05, 0.1) is 11.3 Å². The molecule has 0 spiro atoms. The molecule has 1 rings (SSSR count). The van der Waals surface area contributed by atoms with E-state index in [4.69, 9.17) is 5.11 Å². The quantitative estimate of drug-likeness (QED) is 0.857. The topological polar surface area (TPSA) is 69.6 Å². The van der Waals surface area contributed by atoms with Crippen LogP contribution in [0.25, 0.3) is 0 Å². The number of para-hydroxylation sites is 1. The van der Waals surface area contributed by atoms with Crippen LogP contribution in [0.15, 0.2) is 22.7 Å². The maximum atomic E-state index is 12.2. The third kappa shape index (κ3) is 4.23. The van der Waals surface area contributed by atoms with E-state index in [-0.39, 0.29) is 17.3 Å². The zero-order chi connectivity index (χ0) is 15.3. The third-order valence-electron chi connectivity index (χ3n) is 2.73. The molecular weight excluding hydrogens is 324 g/mol. The molecule has 0 bridgehead atoms. The summed E-state index contributed by atoms with van der Waals surface area (Å²) in [6.07, 6.45) is 0. The number of urea groups is 1. The summed E-state index contributed by atoms with van der Waals surface area (Å²) in [5.41, 5.74) is 0.348. The molecule has 20 heavy (non-hydrogen) atoms. The van der Waals surface area contributed by atoms with Crippen molar-refractivity contribution in [1.82, 2.24) is 4.90 Å². The summed E-state index contributed by atoms with van der Waals surface area (Å²) < 4.78 is 0.548. The van der Waals surface area contributed by atoms with Crippen LogP contribution in [0.5, 0.6) is 0 Å². The molecule has 110 valence electrons. The van der Waals surface area contributed by atoms with Gasteiger partial charge in [-0.15, -0.1) is 0 Å². The standard InChI is InChI=1S/C14H19BrN2O3/c1-4-17(8-9(2)3)14(20)16-12-10(13(18)19)6-5-7-11(12)15/h5-7,9H,4,8H2,1-3H3,(H,16,20)(H,18,19). The first-order valence-corrected chi connectivity index (χ1v) is 7.23. The second-order valence-corrected chi connectivity index (χ2v) is 5.68. The maximum absolute atomic E-state index is 12.2. The number of benzene rings is 1. The summed E-state index contributed by atoms with van der Waals surface area (Å²) in [6.45, 7) is 7.13. The molecule has 0 radical (unpaired) electrons. The minimum Gasteiger partial charge on any atom is -0.478 e. The van der Waals surface area contributed by atoms with E-state index in [9.17, 15) is 9.59 Å². The molecule has 6 heteroatoms. The first-order chi connectivity index (χ1) is 9.36. The van der Waals surface area contributed by atoms with Gasteiger partial charge in [-0.2, -0.15) is 0 Å². The summed E-state index contributed by atoms with van der Waals surface area (Å²) in [6, 6.07) is 4.48. The summed E-state index contributed by atoms with van der Waals surface area (Å²) in [5.74, 6) is -0.729. The summed E-state index contributed by atoms with van der Waals surface area (Å²) in [7, 11) is 0. The molecule has 0 aromatic heterocycles. The van der Waals surface area contributed by atoms with Gasteiger partial charge in [-0.25, -0.2) is 9.59 Å². The number of carboxylic acids is 1. The molecular formula is C14H19BrN2O3. The highest BCUT2D eigenvalue weighted by Crippen LogP contribution is 2.27. The number of carbonyl (C=O) groups is 2. The fourth-order valence-corrected chi connectivity index (χ4v) is 2.28. The van der Waals surface area contributed by atoms with Crippen molar-refractivity contribution in [2.24, 2.45) is 5.92 Å². The molecule has 2 amide bonds. The predicted octanol–water partition coefficient (Wildman–Crippen LogP) is 3.66. The Bertz CT molecular complexity index is 503. The molecule has 0 unspecified atom stereocenters. The Balaban J connectivity index is 2.97. The summed E-state index contributed by atoms with van der Waals surface area (Å²) >= 11 is 3.27. The Morgan fingerprint density at radius 1 is 1.40 bits per heavy atom. The van der Waals surface area contributed by atoms with Gasteiger partial charge in [-0.3, -0.25) is 0 Å². The van der Waals surface area contributed by atoms with Crippen molar-refractivity contribution in [2.75, 3.05) is 18.4 Å². The van der Waals surface area contributed by atoms with Gasteiger partial charge >= 0.3 is 12.0 Å². The van der Waals surface area contributed by atoms with Crippen LogP contribution in [0.1, 0.15) is 31.1 Å². The lowest BCUT2D eigenvalue weighted by atomic mass is 10.2. The van der Waals surface area contributed by atoms with E-state index >= 15 is 0 Å². The van der Waals surface area contributed by atoms with E-state index < -0.39 is 5.97 Å². The monoisotopic (exact) mass is 342 g/mol. The molecule has 0 aliphatic heterocycles. The molecule has 0 saturated heterocycles. The van der Waals surface area contributed by atoms with Crippen LogP contribution < -0.4 is 5.32 Å². The maximum Gasteiger partial charge on any atom is 0.337 e. The Hall–Kier alpha value is -1.56. The van der Waals surface area contributed by atoms with Crippen molar-refractivity contribution < 1.29 is 14.7 Å². The Kier molecular flexibility index (Phi) is 6.01. The number of rotatable bonds is 5. The first kappa shape index (κ1) is 16.5. The highest BCUT2D eigenvalue weighted by molar-refractivity contribution is 9.10. The number of nitrogens with one attached hydrogen (secondary N) is 1. The second kappa shape index (κ2) is 7.28. The summed E-state index contributed by atoms with van der Waals surface area (Å²) in [5, 5.41) is 11.8. The molecule has 0 aliphatic carbocycles. The van der Waals surface area contributed by atoms with Gasteiger partial charge in [0.1, 0.15) is 0 Å². The molecule has 0 aliphatic rings. The Morgan fingerprint density at radius 3 is 2.55 bits per heavy atom. The van der Waals surface area contributed by atoms with Gasteiger partial charge < -0.3 is 15.3 Å². The number of amides is 2. The van der Waals surface area contributed by atoms with Gasteiger partial charge in [0.15, 0.2) is 0 Å². The fourth-order valence-electron chi connectivity index (χ4n) is 1.81. The van der Waals surface area contributed by atoms with E-state index in [1.165, 1.54) is 6.07 Å². The van der Waals surface area contributed by atoms with E-state index in [2.05, 4.69) is 21.2 Å². The van der Waals surface area contributed by atoms with Crippen LogP contribution in [-0.4, -0.2) is 35.1 Å². The molecule has 0 atom stereocenters. The minimum absolute atomic E-state index is 0.0633. The van der Waals surface area contributed by atoms with Crippen LogP contribution in [-0.2, 0) is 0 Å². The number of nitrogens with zero attached hydrogens (tertiary/aromatic N) is 1. The van der Waals surface area contributed by atoms with Crippen LogP contribution in [0, 0.1) is 5.92 Å². The third-order valence-corrected chi connectivity index (χ3v) is 3.39. The number of carbonyl (C=O) groups excluding carboxylic acids is 1. The molecule has 1 aromatic carbocycles. The van der Waals surface area contributed by atoms with E-state index in [1.54, 1.807) is 17.0 Å². The average Bonchev–Trinajstić information content (AvgIpc) is 2.37. The van der Waals surface area contributed by atoms with Gasteiger partial charge in [-0.1, -0.05) is 19.9 Å². The smallest absolute Gasteiger partial charge is 0.337 e. The predicted molar refractivity (Wildman–Crippen MR) is 82.2 cm³/mol. The lowest BCUT2D eigenvalue weighted by Crippen LogP contribution is -2.37. The minimum atomic E-state index is -1.08. The van der Waals surface area contributed by atoms with Crippen molar-refractivity contribution in [3.05, 3.63) is 28.2 Å². The zero-order valence-electron chi connectivity index (χ0n) is 11.8. The molecule has 0 saturated carbocycles. The molecule has 2 N–H and O–H groups in total. The molecule has 1 aromatic rings. The van der Waals surface area contributed by atoms with Crippen LogP contribution >= 0.6 is 15.9 Å². The van der Waals surface area contributed by atoms with Crippen molar-refractivity contribution in [1.29, 1.82) is 0 Å². The average molecular weight is 343 g/mol. The number of hydrogen-bond acceptors (Lipinski definition) is 2. The van der Waals surface area contributed by atoms with Gasteiger partial charge in [0.2, 0.25) is 0 Å². The number of aromatic carboxylic acids is 1. The van der Waals surface area contributed by atoms with Crippen molar-refractivity contribution in [3.8, 4) is 0 Å². The van der Waals surface area contributed by atoms with Gasteiger partial charge in [0, 0.05) is 17.6 Å². The van der Waals surface area contributed by atoms with Crippen LogP contribution in [0.4, 0.5) is 10.5 Å². The van der Waals surface area contributed by atoms with Crippen LogP contribution in [0.2, 0.25) is 0 Å². The second-order valence-electron chi connectivity index (χ2n) is 4.83. The SMILES string of the molecule is CCN(CC(C)C)C(=O)Nc1c(Br)cccc1C(=O)O. The van der Waals surface area contributed by atoms with Crippen molar-refractivity contribution in [3.63, 3.8) is 0 Å². The van der Waals surface area contributed by atoms with E-state index in [1.807, 2.05) is 20.8 Å². The van der Waals surface area contributed by atoms with Crippen molar-refractivity contribution in [2.45, 2.75) is 20.8 Å². The van der Waals surface area contributed by atoms with E-state index in [0.717, 1.165) is 0 Å². The van der Waals surface area contributed by atoms with Gasteiger partial charge in [-0.05, 0) is 40.9 Å². The lowest BCUT2D eigenvalue weighted by molar-refractivity contribution is 0.0698. The first-order valence-electron chi connectivity index (χ1n) is 6.44. The largest absolute Gasteiger partial charge is 0.478 e. The fraction of sp³-hybridized carbons (Fsp3) is 0.429. The van der Waals surface area contributed by atoms with Gasteiger partial charge in [0.25, 0.3) is 0 Å². The summed E-state index contributed by atoms with van der Waals surface area (Å²) in [4.78, 5) is 25.0.